The quantitative estimate of drug-likeness (QED) is 0.862. The van der Waals surface area contributed by atoms with Crippen LogP contribution in [-0.4, -0.2) is 52.9 Å². The molecule has 1 N–H and O–H groups in total. The molecule has 2 fully saturated rings. The topological polar surface area (TPSA) is 40.1 Å². The van der Waals surface area contributed by atoms with Gasteiger partial charge in [-0.1, -0.05) is 12.8 Å². The van der Waals surface area contributed by atoms with Crippen molar-refractivity contribution in [3.05, 3.63) is 4.77 Å². The van der Waals surface area contributed by atoms with Crippen LogP contribution in [0.5, 0.6) is 0 Å². The third-order valence-corrected chi connectivity index (χ3v) is 4.84. The lowest BCUT2D eigenvalue weighted by atomic mass is 10.2. The minimum absolute atomic E-state index is 0.555. The van der Waals surface area contributed by atoms with Crippen LogP contribution in [0, 0.1) is 4.77 Å². The third-order valence-electron chi connectivity index (χ3n) is 4.55. The first kappa shape index (κ1) is 13.1. The molecule has 19 heavy (non-hydrogen) atoms. The number of rotatable bonds is 3. The Labute approximate surface area is 119 Å². The van der Waals surface area contributed by atoms with Crippen LogP contribution in [0.3, 0.4) is 0 Å². The summed E-state index contributed by atoms with van der Waals surface area (Å²) < 4.78 is 3.05. The number of H-pyrrole nitrogens is 1. The van der Waals surface area contributed by atoms with Gasteiger partial charge in [-0.3, -0.25) is 4.57 Å². The highest BCUT2D eigenvalue weighted by molar-refractivity contribution is 7.71. The van der Waals surface area contributed by atoms with Gasteiger partial charge in [-0.15, -0.1) is 5.10 Å². The normalized spacial score (nSPS) is 24.8. The minimum Gasteiger partial charge on any atom is -0.339 e. The van der Waals surface area contributed by atoms with Crippen molar-refractivity contribution in [3.63, 3.8) is 0 Å². The molecule has 1 aromatic heterocycles. The summed E-state index contributed by atoms with van der Waals surface area (Å²) in [6, 6.07) is 1.18. The Balaban J connectivity index is 1.83. The highest BCUT2D eigenvalue weighted by atomic mass is 32.1. The first-order chi connectivity index (χ1) is 9.16. The smallest absolute Gasteiger partial charge is 0.226 e. The lowest BCUT2D eigenvalue weighted by molar-refractivity contribution is 0.315. The third kappa shape index (κ3) is 2.43. The van der Waals surface area contributed by atoms with Gasteiger partial charge in [0.1, 0.15) is 0 Å². The van der Waals surface area contributed by atoms with E-state index in [1.165, 1.54) is 32.1 Å². The summed E-state index contributed by atoms with van der Waals surface area (Å²) in [5, 5.41) is 7.48. The van der Waals surface area contributed by atoms with E-state index in [-0.39, 0.29) is 0 Å². The average Bonchev–Trinajstić information content (AvgIpc) is 3.07. The van der Waals surface area contributed by atoms with Crippen LogP contribution in [-0.2, 0) is 0 Å². The summed E-state index contributed by atoms with van der Waals surface area (Å²) in [6.07, 6.45) is 6.32. The van der Waals surface area contributed by atoms with Gasteiger partial charge in [0.15, 0.2) is 4.77 Å². The molecule has 0 aromatic carbocycles. The van der Waals surface area contributed by atoms with Crippen molar-refractivity contribution >= 4 is 18.2 Å². The van der Waals surface area contributed by atoms with Crippen molar-refractivity contribution in [2.75, 3.05) is 32.1 Å². The zero-order chi connectivity index (χ0) is 13.4. The lowest BCUT2D eigenvalue weighted by Gasteiger charge is -2.23. The van der Waals surface area contributed by atoms with Crippen molar-refractivity contribution in [1.82, 2.24) is 19.7 Å². The molecule has 0 bridgehead atoms. The van der Waals surface area contributed by atoms with Crippen LogP contribution in [0.25, 0.3) is 0 Å². The second-order valence-corrected chi connectivity index (χ2v) is 6.38. The van der Waals surface area contributed by atoms with E-state index in [0.717, 1.165) is 23.8 Å². The van der Waals surface area contributed by atoms with Crippen LogP contribution < -0.4 is 4.90 Å². The van der Waals surface area contributed by atoms with Crippen molar-refractivity contribution < 1.29 is 0 Å². The van der Waals surface area contributed by atoms with E-state index >= 15 is 0 Å². The van der Waals surface area contributed by atoms with E-state index in [1.54, 1.807) is 0 Å². The van der Waals surface area contributed by atoms with Gasteiger partial charge in [0, 0.05) is 25.2 Å². The van der Waals surface area contributed by atoms with E-state index in [9.17, 15) is 0 Å². The number of nitrogens with zero attached hydrogens (tertiary/aromatic N) is 4. The van der Waals surface area contributed by atoms with Gasteiger partial charge >= 0.3 is 0 Å². The molecule has 3 rings (SSSR count). The summed E-state index contributed by atoms with van der Waals surface area (Å²) in [4.78, 5) is 4.69. The van der Waals surface area contributed by atoms with Gasteiger partial charge < -0.3 is 9.80 Å². The fourth-order valence-electron chi connectivity index (χ4n) is 3.36. The summed E-state index contributed by atoms with van der Waals surface area (Å²) in [7, 11) is 4.31. The maximum absolute atomic E-state index is 5.43. The van der Waals surface area contributed by atoms with E-state index in [1.807, 2.05) is 0 Å². The number of aromatic nitrogens is 3. The highest BCUT2D eigenvalue weighted by Gasteiger charge is 2.29. The molecular weight excluding hydrogens is 258 g/mol. The predicted octanol–water partition coefficient (Wildman–Crippen LogP) is 2.20. The molecule has 5 nitrogen and oxygen atoms in total. The maximum atomic E-state index is 5.43. The molecule has 2 heterocycles. The Kier molecular flexibility index (Phi) is 3.62. The Morgan fingerprint density at radius 1 is 1.26 bits per heavy atom. The van der Waals surface area contributed by atoms with Crippen LogP contribution in [0.15, 0.2) is 0 Å². The lowest BCUT2D eigenvalue weighted by Crippen LogP contribution is -2.32. The zero-order valence-electron chi connectivity index (χ0n) is 11.8. The molecule has 0 amide bonds. The average molecular weight is 281 g/mol. The van der Waals surface area contributed by atoms with Gasteiger partial charge in [0.2, 0.25) is 5.95 Å². The number of nitrogens with one attached hydrogen (secondary N) is 1. The Hall–Kier alpha value is -0.880. The minimum atomic E-state index is 0.555. The summed E-state index contributed by atoms with van der Waals surface area (Å²) in [6.45, 7) is 2.13. The second-order valence-electron chi connectivity index (χ2n) is 5.99. The number of anilines is 1. The van der Waals surface area contributed by atoms with E-state index < -0.39 is 0 Å². The Morgan fingerprint density at radius 2 is 2.00 bits per heavy atom. The predicted molar refractivity (Wildman–Crippen MR) is 79.2 cm³/mol. The van der Waals surface area contributed by atoms with Gasteiger partial charge in [-0.2, -0.15) is 0 Å². The van der Waals surface area contributed by atoms with Gasteiger partial charge in [0.05, 0.1) is 0 Å². The van der Waals surface area contributed by atoms with Crippen LogP contribution in [0.4, 0.5) is 5.95 Å². The van der Waals surface area contributed by atoms with Crippen molar-refractivity contribution in [2.24, 2.45) is 0 Å². The first-order valence-corrected chi connectivity index (χ1v) is 7.66. The van der Waals surface area contributed by atoms with Crippen LogP contribution in [0.1, 0.15) is 38.1 Å². The molecule has 2 aliphatic rings. The molecule has 1 atom stereocenters. The first-order valence-electron chi connectivity index (χ1n) is 7.25. The number of hydrogen-bond acceptors (Lipinski definition) is 4. The molecule has 6 heteroatoms. The van der Waals surface area contributed by atoms with Gasteiger partial charge in [0.25, 0.3) is 0 Å². The number of hydrogen-bond donors (Lipinski definition) is 1. The highest BCUT2D eigenvalue weighted by Crippen LogP contribution is 2.33. The second kappa shape index (κ2) is 5.25. The van der Waals surface area contributed by atoms with E-state index in [4.69, 9.17) is 12.2 Å². The van der Waals surface area contributed by atoms with Crippen LogP contribution in [0.2, 0.25) is 0 Å². The molecule has 1 aromatic rings. The van der Waals surface area contributed by atoms with Gasteiger partial charge in [-0.25, -0.2) is 5.10 Å². The maximum Gasteiger partial charge on any atom is 0.226 e. The fourth-order valence-corrected chi connectivity index (χ4v) is 3.63. The Bertz CT molecular complexity index is 485. The molecule has 1 aliphatic heterocycles. The number of aromatic amines is 1. The molecule has 106 valence electrons. The summed E-state index contributed by atoms with van der Waals surface area (Å²) >= 11 is 5.43. The summed E-state index contributed by atoms with van der Waals surface area (Å²) in [5.74, 6) is 1.06. The standard InChI is InChI=1S/C13H23N5S/c1-16(2)11-7-8-17(9-11)12-14-15-13(19)18(12)10-5-3-4-6-10/h10-11H,3-9H2,1-2H3,(H,15,19). The molecule has 0 spiro atoms. The monoisotopic (exact) mass is 281 g/mol. The zero-order valence-corrected chi connectivity index (χ0v) is 12.6. The SMILES string of the molecule is CN(C)C1CCN(c2n[nH]c(=S)n2C2CCCC2)C1. The molecule has 1 saturated heterocycles. The number of likely N-dealkylation sites (N-methyl/N-ethyl adjacent to an activating group) is 1. The van der Waals surface area contributed by atoms with Crippen LogP contribution >= 0.6 is 12.2 Å². The fraction of sp³-hybridized carbons (Fsp3) is 0.846. The van der Waals surface area contributed by atoms with Crippen molar-refractivity contribution in [1.29, 1.82) is 0 Å². The molecule has 1 unspecified atom stereocenters. The van der Waals surface area contributed by atoms with E-state index in [0.29, 0.717) is 12.1 Å². The van der Waals surface area contributed by atoms with Crippen molar-refractivity contribution in [3.8, 4) is 0 Å². The molecule has 1 aliphatic carbocycles. The molecular formula is C13H23N5S. The largest absolute Gasteiger partial charge is 0.339 e. The van der Waals surface area contributed by atoms with Crippen molar-refractivity contribution in [2.45, 2.75) is 44.2 Å². The Morgan fingerprint density at radius 3 is 2.63 bits per heavy atom. The van der Waals surface area contributed by atoms with Gasteiger partial charge in [-0.05, 0) is 45.6 Å². The summed E-state index contributed by atoms with van der Waals surface area (Å²) in [5.41, 5.74) is 0. The van der Waals surface area contributed by atoms with E-state index in [2.05, 4.69) is 38.7 Å². The molecule has 1 saturated carbocycles. The molecule has 0 radical (unpaired) electrons.